The van der Waals surface area contributed by atoms with E-state index in [-0.39, 0.29) is 4.90 Å². The molecule has 0 atom stereocenters. The monoisotopic (exact) mass is 395 g/mol. The van der Waals surface area contributed by atoms with Gasteiger partial charge in [-0.25, -0.2) is 18.5 Å². The molecule has 4 N–H and O–H groups in total. The summed E-state index contributed by atoms with van der Waals surface area (Å²) in [5, 5.41) is 12.7. The van der Waals surface area contributed by atoms with Crippen molar-refractivity contribution < 1.29 is 8.42 Å². The summed E-state index contributed by atoms with van der Waals surface area (Å²) < 4.78 is 22.5. The van der Waals surface area contributed by atoms with Crippen molar-refractivity contribution in [3.63, 3.8) is 0 Å². The Morgan fingerprint density at radius 3 is 2.54 bits per heavy atom. The van der Waals surface area contributed by atoms with Gasteiger partial charge in [-0.3, -0.25) is 4.99 Å². The molecule has 0 fully saturated rings. The highest BCUT2D eigenvalue weighted by Crippen LogP contribution is 2.11. The molecule has 0 aliphatic rings. The number of aromatic nitrogens is 1. The maximum Gasteiger partial charge on any atom is 0.238 e. The molecule has 1 aromatic heterocycles. The minimum absolute atomic E-state index is 0.126. The molecule has 2 aromatic rings. The third kappa shape index (κ3) is 6.74. The van der Waals surface area contributed by atoms with Crippen LogP contribution in [0.3, 0.4) is 0 Å². The van der Waals surface area contributed by atoms with Gasteiger partial charge in [-0.15, -0.1) is 11.3 Å². The summed E-state index contributed by atoms with van der Waals surface area (Å²) in [6.07, 6.45) is 3.46. The zero-order chi connectivity index (χ0) is 19.0. The average molecular weight is 396 g/mol. The third-order valence-corrected chi connectivity index (χ3v) is 5.47. The van der Waals surface area contributed by atoms with Crippen LogP contribution in [-0.2, 0) is 22.9 Å². The standard InChI is InChI=1S/C17H25N5O2S2/c1-3-19-17(21-11-9-16-22-12-13(2)25-16)20-10-8-14-4-6-15(7-5-14)26(18,23)24/h4-7,12H,3,8-11H2,1-2H3,(H2,18,23,24)(H2,19,20,21). The largest absolute Gasteiger partial charge is 0.357 e. The first kappa shape index (κ1) is 20.3. The molecule has 9 heteroatoms. The number of hydrogen-bond donors (Lipinski definition) is 3. The summed E-state index contributed by atoms with van der Waals surface area (Å²) in [4.78, 5) is 10.2. The molecule has 7 nitrogen and oxygen atoms in total. The van der Waals surface area contributed by atoms with Crippen molar-refractivity contribution in [2.24, 2.45) is 10.1 Å². The lowest BCUT2D eigenvalue weighted by Crippen LogP contribution is -2.38. The van der Waals surface area contributed by atoms with Crippen LogP contribution in [0.25, 0.3) is 0 Å². The first-order valence-electron chi connectivity index (χ1n) is 8.43. The van der Waals surface area contributed by atoms with Crippen LogP contribution < -0.4 is 15.8 Å². The molecule has 0 saturated carbocycles. The Balaban J connectivity index is 1.82. The van der Waals surface area contributed by atoms with E-state index in [1.165, 1.54) is 17.0 Å². The Bertz CT molecular complexity index is 829. The van der Waals surface area contributed by atoms with Crippen molar-refractivity contribution in [3.05, 3.63) is 45.9 Å². The van der Waals surface area contributed by atoms with E-state index in [0.29, 0.717) is 13.1 Å². The molecule has 0 amide bonds. The number of thiazole rings is 1. The molecule has 0 radical (unpaired) electrons. The van der Waals surface area contributed by atoms with Crippen LogP contribution in [0.1, 0.15) is 22.4 Å². The van der Waals surface area contributed by atoms with E-state index in [0.717, 1.165) is 35.9 Å². The summed E-state index contributed by atoms with van der Waals surface area (Å²) in [7, 11) is -3.64. The number of guanidine groups is 1. The van der Waals surface area contributed by atoms with Gasteiger partial charge in [0.05, 0.1) is 9.90 Å². The van der Waals surface area contributed by atoms with E-state index in [9.17, 15) is 8.42 Å². The topological polar surface area (TPSA) is 109 Å². The highest BCUT2D eigenvalue weighted by molar-refractivity contribution is 7.89. The number of nitrogens with one attached hydrogen (secondary N) is 2. The highest BCUT2D eigenvalue weighted by Gasteiger charge is 2.06. The number of sulfonamides is 1. The van der Waals surface area contributed by atoms with Gasteiger partial charge in [-0.1, -0.05) is 12.1 Å². The molecule has 26 heavy (non-hydrogen) atoms. The lowest BCUT2D eigenvalue weighted by molar-refractivity contribution is 0.598. The molecule has 0 bridgehead atoms. The van der Waals surface area contributed by atoms with E-state index >= 15 is 0 Å². The van der Waals surface area contributed by atoms with Crippen LogP contribution in [0.15, 0.2) is 40.4 Å². The van der Waals surface area contributed by atoms with Gasteiger partial charge in [0.2, 0.25) is 10.0 Å². The minimum atomic E-state index is -3.64. The second-order valence-electron chi connectivity index (χ2n) is 5.74. The summed E-state index contributed by atoms with van der Waals surface area (Å²) in [6.45, 7) is 6.21. The Hall–Kier alpha value is -1.97. The molecule has 1 aromatic carbocycles. The van der Waals surface area contributed by atoms with Crippen LogP contribution >= 0.6 is 11.3 Å². The predicted molar refractivity (Wildman–Crippen MR) is 106 cm³/mol. The van der Waals surface area contributed by atoms with Gasteiger partial charge in [0.25, 0.3) is 0 Å². The maximum atomic E-state index is 11.3. The number of aliphatic imine (C=N–C) groups is 1. The van der Waals surface area contributed by atoms with Crippen LogP contribution in [0.5, 0.6) is 0 Å². The van der Waals surface area contributed by atoms with Crippen LogP contribution in [0.2, 0.25) is 0 Å². The molecular weight excluding hydrogens is 370 g/mol. The fourth-order valence-electron chi connectivity index (χ4n) is 2.29. The van der Waals surface area contributed by atoms with Crippen molar-refractivity contribution in [2.75, 3.05) is 19.6 Å². The van der Waals surface area contributed by atoms with E-state index < -0.39 is 10.0 Å². The summed E-state index contributed by atoms with van der Waals surface area (Å²) >= 11 is 1.70. The fraction of sp³-hybridized carbons (Fsp3) is 0.412. The van der Waals surface area contributed by atoms with Crippen LogP contribution in [0, 0.1) is 6.92 Å². The van der Waals surface area contributed by atoms with E-state index in [4.69, 9.17) is 5.14 Å². The molecule has 0 aliphatic heterocycles. The molecule has 0 saturated heterocycles. The Morgan fingerprint density at radius 2 is 1.96 bits per heavy atom. The first-order valence-corrected chi connectivity index (χ1v) is 10.8. The fourth-order valence-corrected chi connectivity index (χ4v) is 3.58. The number of nitrogens with zero attached hydrogens (tertiary/aromatic N) is 2. The Kier molecular flexibility index (Phi) is 7.55. The zero-order valence-electron chi connectivity index (χ0n) is 15.0. The van der Waals surface area contributed by atoms with Gasteiger partial charge in [0.1, 0.15) is 0 Å². The number of nitrogens with two attached hydrogens (primary N) is 1. The lowest BCUT2D eigenvalue weighted by Gasteiger charge is -2.11. The quantitative estimate of drug-likeness (QED) is 0.463. The van der Waals surface area contributed by atoms with E-state index in [1.807, 2.05) is 20.0 Å². The first-order chi connectivity index (χ1) is 12.4. The smallest absolute Gasteiger partial charge is 0.238 e. The third-order valence-electron chi connectivity index (χ3n) is 3.57. The number of aryl methyl sites for hydroxylation is 1. The minimum Gasteiger partial charge on any atom is -0.357 e. The van der Waals surface area contributed by atoms with E-state index in [2.05, 4.69) is 20.6 Å². The van der Waals surface area contributed by atoms with E-state index in [1.54, 1.807) is 23.5 Å². The van der Waals surface area contributed by atoms with Gasteiger partial charge >= 0.3 is 0 Å². The Labute approximate surface area is 158 Å². The van der Waals surface area contributed by atoms with Crippen LogP contribution in [-0.4, -0.2) is 39.0 Å². The average Bonchev–Trinajstić information content (AvgIpc) is 3.00. The molecular formula is C17H25N5O2S2. The van der Waals surface area contributed by atoms with Crippen molar-refractivity contribution in [2.45, 2.75) is 31.6 Å². The van der Waals surface area contributed by atoms with Crippen molar-refractivity contribution in [3.8, 4) is 0 Å². The molecule has 2 rings (SSSR count). The number of benzene rings is 1. The van der Waals surface area contributed by atoms with Gasteiger partial charge in [-0.2, -0.15) is 0 Å². The molecule has 0 spiro atoms. The van der Waals surface area contributed by atoms with Gasteiger partial charge in [-0.05, 0) is 38.0 Å². The predicted octanol–water partition coefficient (Wildman–Crippen LogP) is 1.44. The SMILES string of the molecule is CCNC(=NCCc1ncc(C)s1)NCCc1ccc(S(N)(=O)=O)cc1. The molecule has 0 unspecified atom stereocenters. The van der Waals surface area contributed by atoms with Crippen LogP contribution in [0.4, 0.5) is 0 Å². The summed E-state index contributed by atoms with van der Waals surface area (Å²) in [5.74, 6) is 0.766. The lowest BCUT2D eigenvalue weighted by atomic mass is 10.1. The highest BCUT2D eigenvalue weighted by atomic mass is 32.2. The van der Waals surface area contributed by atoms with Crippen molar-refractivity contribution >= 4 is 27.3 Å². The second-order valence-corrected chi connectivity index (χ2v) is 8.62. The molecule has 0 aliphatic carbocycles. The van der Waals surface area contributed by atoms with Crippen molar-refractivity contribution in [1.82, 2.24) is 15.6 Å². The van der Waals surface area contributed by atoms with Gasteiger partial charge in [0, 0.05) is 37.1 Å². The number of rotatable bonds is 8. The number of primary sulfonamides is 1. The summed E-state index contributed by atoms with van der Waals surface area (Å²) in [5.41, 5.74) is 1.03. The zero-order valence-corrected chi connectivity index (χ0v) is 16.7. The second kappa shape index (κ2) is 9.65. The normalized spacial score (nSPS) is 12.2. The molecule has 1 heterocycles. The molecule has 142 valence electrons. The van der Waals surface area contributed by atoms with Gasteiger partial charge < -0.3 is 10.6 Å². The summed E-state index contributed by atoms with van der Waals surface area (Å²) in [6, 6.07) is 6.60. The van der Waals surface area contributed by atoms with Gasteiger partial charge in [0.15, 0.2) is 5.96 Å². The maximum absolute atomic E-state index is 11.3. The number of hydrogen-bond acceptors (Lipinski definition) is 5. The van der Waals surface area contributed by atoms with Crippen molar-refractivity contribution in [1.29, 1.82) is 0 Å². The Morgan fingerprint density at radius 1 is 1.23 bits per heavy atom.